The molecule has 4 N–H and O–H groups in total. The Bertz CT molecular complexity index is 2540. The molecule has 4 aromatic rings. The number of anilines is 5. The number of nitrogens with zero attached hydrogens (tertiary/aromatic N) is 5. The fourth-order valence-electron chi connectivity index (χ4n) is 8.78. The van der Waals surface area contributed by atoms with Crippen LogP contribution < -0.4 is 30.3 Å². The molecule has 1 aliphatic carbocycles. The number of halogens is 1. The number of sulfonamides is 1. The predicted molar refractivity (Wildman–Crippen MR) is 248 cm³/mol. The highest BCUT2D eigenvalue weighted by molar-refractivity contribution is 7.90. The van der Waals surface area contributed by atoms with Crippen LogP contribution in [0, 0.1) is 22.5 Å². The van der Waals surface area contributed by atoms with Crippen LogP contribution in [0.2, 0.25) is 5.02 Å². The van der Waals surface area contributed by atoms with Crippen molar-refractivity contribution >= 4 is 67.4 Å². The maximum absolute atomic E-state index is 14.3. The highest BCUT2D eigenvalue weighted by Gasteiger charge is 2.32. The number of nitrogen functional groups attached to an aromatic ring is 1. The van der Waals surface area contributed by atoms with Gasteiger partial charge in [0.25, 0.3) is 21.6 Å². The van der Waals surface area contributed by atoms with Crippen LogP contribution in [-0.4, -0.2) is 107 Å². The molecule has 1 amide bonds. The van der Waals surface area contributed by atoms with Crippen LogP contribution in [0.25, 0.3) is 5.57 Å². The molecule has 1 aromatic heterocycles. The molecule has 18 heteroatoms. The lowest BCUT2D eigenvalue weighted by Crippen LogP contribution is -2.47. The van der Waals surface area contributed by atoms with Gasteiger partial charge in [-0.3, -0.25) is 19.8 Å². The van der Waals surface area contributed by atoms with Gasteiger partial charge in [0.1, 0.15) is 17.2 Å². The van der Waals surface area contributed by atoms with Crippen molar-refractivity contribution in [3.05, 3.63) is 104 Å². The van der Waals surface area contributed by atoms with E-state index in [2.05, 4.69) is 50.8 Å². The molecule has 340 valence electrons. The molecule has 3 aliphatic heterocycles. The molecule has 3 aromatic carbocycles. The Morgan fingerprint density at radius 3 is 2.52 bits per heavy atom. The van der Waals surface area contributed by atoms with Crippen molar-refractivity contribution in [2.75, 3.05) is 93.1 Å². The van der Waals surface area contributed by atoms with Gasteiger partial charge in [0.15, 0.2) is 0 Å². The van der Waals surface area contributed by atoms with Crippen molar-refractivity contribution in [3.8, 4) is 5.88 Å². The van der Waals surface area contributed by atoms with E-state index in [0.29, 0.717) is 68.0 Å². The second-order valence-electron chi connectivity index (χ2n) is 17.6. The highest BCUT2D eigenvalue weighted by atomic mass is 35.5. The number of ether oxygens (including phenoxy) is 3. The van der Waals surface area contributed by atoms with Crippen LogP contribution >= 0.6 is 11.6 Å². The van der Waals surface area contributed by atoms with E-state index in [1.165, 1.54) is 28.8 Å². The number of carbonyl (C=O) groups is 1. The monoisotopic (exact) mass is 914 g/mol. The van der Waals surface area contributed by atoms with E-state index in [0.717, 1.165) is 68.8 Å². The quantitative estimate of drug-likeness (QED) is 0.0955. The van der Waals surface area contributed by atoms with E-state index < -0.39 is 31.4 Å². The first kappa shape index (κ1) is 45.1. The molecular formula is C46H55ClN8O8S. The summed E-state index contributed by atoms with van der Waals surface area (Å²) in [7, 11) is -4.60. The van der Waals surface area contributed by atoms with Gasteiger partial charge in [0, 0.05) is 62.6 Å². The van der Waals surface area contributed by atoms with E-state index in [1.54, 1.807) is 6.07 Å². The summed E-state index contributed by atoms with van der Waals surface area (Å²) in [5, 5.41) is 15.8. The third-order valence-electron chi connectivity index (χ3n) is 12.4. The Morgan fingerprint density at radius 2 is 1.78 bits per heavy atom. The normalized spacial score (nSPS) is 19.3. The van der Waals surface area contributed by atoms with Gasteiger partial charge in [-0.05, 0) is 103 Å². The lowest BCUT2D eigenvalue weighted by Gasteiger charge is -2.39. The molecule has 16 nitrogen and oxygen atoms in total. The van der Waals surface area contributed by atoms with Gasteiger partial charge in [0.05, 0.1) is 53.6 Å². The number of nitrogens with one attached hydrogen (secondary N) is 2. The first-order chi connectivity index (χ1) is 30.6. The molecular weight excluding hydrogens is 860 g/mol. The number of hydrogen-bond acceptors (Lipinski definition) is 14. The summed E-state index contributed by atoms with van der Waals surface area (Å²) < 4.78 is 47.0. The summed E-state index contributed by atoms with van der Waals surface area (Å²) in [6, 6.07) is 18.9. The second-order valence-corrected chi connectivity index (χ2v) is 19.7. The third kappa shape index (κ3) is 10.2. The number of rotatable bonds is 12. The topological polar surface area (TPSA) is 195 Å². The third-order valence-corrected chi connectivity index (χ3v) is 14.0. The van der Waals surface area contributed by atoms with Gasteiger partial charge in [-0.2, -0.15) is 4.98 Å². The number of pyridine rings is 1. The Hall–Kier alpha value is -5.46. The van der Waals surface area contributed by atoms with Crippen molar-refractivity contribution < 1.29 is 32.3 Å². The molecule has 2 fully saturated rings. The van der Waals surface area contributed by atoms with Crippen molar-refractivity contribution in [1.29, 1.82) is 0 Å². The maximum Gasteiger partial charge on any atom is 0.293 e. The van der Waals surface area contributed by atoms with Crippen LogP contribution in [0.1, 0.15) is 61.0 Å². The molecule has 1 unspecified atom stereocenters. The molecule has 2 saturated heterocycles. The summed E-state index contributed by atoms with van der Waals surface area (Å²) in [4.78, 5) is 36.5. The molecule has 0 bridgehead atoms. The SMILES string of the molecule is Cc1cc2c(nc1N)OCCCN2c1cc(N2CCN(CC3=C(c4ccc(Cl)cc4)CC(C)(C)CC3)CC2)ccc1C(=O)NS(=O)(=O)c1ccc(NCC2COCCO2)c([N+](=O)[O-])c1. The molecule has 4 aliphatic rings. The number of nitro groups is 1. The zero-order chi connectivity index (χ0) is 45.2. The van der Waals surface area contributed by atoms with Crippen LogP contribution in [0.5, 0.6) is 5.88 Å². The fraction of sp³-hybridized carbons (Fsp3) is 0.435. The van der Waals surface area contributed by atoms with Gasteiger partial charge >= 0.3 is 0 Å². The molecule has 64 heavy (non-hydrogen) atoms. The minimum absolute atomic E-state index is 0.0812. The molecule has 0 spiro atoms. The first-order valence-corrected chi connectivity index (χ1v) is 23.5. The first-order valence-electron chi connectivity index (χ1n) is 21.7. The Labute approximate surface area is 378 Å². The number of benzene rings is 3. The summed E-state index contributed by atoms with van der Waals surface area (Å²) >= 11 is 6.26. The van der Waals surface area contributed by atoms with Gasteiger partial charge in [-0.25, -0.2) is 13.1 Å². The lowest BCUT2D eigenvalue weighted by atomic mass is 9.72. The minimum Gasteiger partial charge on any atom is -0.476 e. The van der Waals surface area contributed by atoms with Crippen molar-refractivity contribution in [1.82, 2.24) is 14.6 Å². The lowest BCUT2D eigenvalue weighted by molar-refractivity contribution is -0.384. The number of nitrogens with two attached hydrogens (primary N) is 1. The molecule has 4 heterocycles. The number of aryl methyl sites for hydroxylation is 1. The molecule has 0 radical (unpaired) electrons. The van der Waals surface area contributed by atoms with Crippen molar-refractivity contribution in [2.24, 2.45) is 5.41 Å². The van der Waals surface area contributed by atoms with Crippen LogP contribution in [-0.2, 0) is 19.5 Å². The summed E-state index contributed by atoms with van der Waals surface area (Å²) in [5.74, 6) is -0.283. The van der Waals surface area contributed by atoms with E-state index in [9.17, 15) is 23.3 Å². The fourth-order valence-corrected chi connectivity index (χ4v) is 9.89. The zero-order valence-electron chi connectivity index (χ0n) is 36.4. The summed E-state index contributed by atoms with van der Waals surface area (Å²) in [6.07, 6.45) is 3.43. The Balaban J connectivity index is 1.05. The van der Waals surface area contributed by atoms with E-state index >= 15 is 0 Å². The van der Waals surface area contributed by atoms with Crippen LogP contribution in [0.3, 0.4) is 0 Å². The standard InChI is InChI=1S/C46H55ClN8O8S/c1-30-23-42-45(50-43(30)48)63-20-4-15-54(42)40-24-34(53-18-16-52(17-19-53)28-32-13-14-46(2,3)26-38(32)31-5-7-33(47)8-6-31)9-11-37(40)44(56)51-64(59,60)36-10-12-39(41(25-36)55(57)58)49-27-35-29-61-21-22-62-35/h5-12,23-25,35,49H,4,13-22,26-29H2,1-3H3,(H2,48,50)(H,51,56). The number of amides is 1. The highest BCUT2D eigenvalue weighted by Crippen LogP contribution is 2.44. The minimum atomic E-state index is -4.60. The maximum atomic E-state index is 14.3. The number of piperazine rings is 1. The predicted octanol–water partition coefficient (Wildman–Crippen LogP) is 7.19. The van der Waals surface area contributed by atoms with Gasteiger partial charge in [-0.1, -0.05) is 43.2 Å². The van der Waals surface area contributed by atoms with Crippen molar-refractivity contribution in [3.63, 3.8) is 0 Å². The van der Waals surface area contributed by atoms with E-state index in [-0.39, 0.29) is 29.3 Å². The summed E-state index contributed by atoms with van der Waals surface area (Å²) in [5.41, 5.74) is 12.9. The number of hydrogen-bond donors (Lipinski definition) is 3. The Morgan fingerprint density at radius 1 is 1.00 bits per heavy atom. The van der Waals surface area contributed by atoms with Gasteiger partial charge in [-0.15, -0.1) is 0 Å². The number of aromatic nitrogens is 1. The van der Waals surface area contributed by atoms with E-state index in [1.807, 2.05) is 42.2 Å². The zero-order valence-corrected chi connectivity index (χ0v) is 38.0. The molecule has 8 rings (SSSR count). The van der Waals surface area contributed by atoms with Crippen molar-refractivity contribution in [2.45, 2.75) is 57.5 Å². The average molecular weight is 916 g/mol. The van der Waals surface area contributed by atoms with Crippen LogP contribution in [0.15, 0.2) is 77.2 Å². The second kappa shape index (κ2) is 18.9. The number of carbonyl (C=O) groups excluding carboxylic acids is 1. The average Bonchev–Trinajstić information content (AvgIpc) is 3.48. The molecule has 1 atom stereocenters. The van der Waals surface area contributed by atoms with Gasteiger partial charge in [0.2, 0.25) is 5.88 Å². The van der Waals surface area contributed by atoms with E-state index in [4.69, 9.17) is 31.5 Å². The Kier molecular flexibility index (Phi) is 13.4. The smallest absolute Gasteiger partial charge is 0.293 e. The largest absolute Gasteiger partial charge is 0.476 e. The van der Waals surface area contributed by atoms with Crippen LogP contribution in [0.4, 0.5) is 34.3 Å². The molecule has 0 saturated carbocycles. The number of nitro benzene ring substituents is 1. The van der Waals surface area contributed by atoms with Gasteiger partial charge < -0.3 is 35.1 Å². The summed E-state index contributed by atoms with van der Waals surface area (Å²) in [6.45, 7) is 12.7. The number of allylic oxidation sites excluding steroid dienone is 1. The number of fused-ring (bicyclic) bond motifs is 1.